The molecule has 1 amide bonds. The zero-order valence-electron chi connectivity index (χ0n) is 12.0. The summed E-state index contributed by atoms with van der Waals surface area (Å²) >= 11 is 0. The van der Waals surface area contributed by atoms with Crippen molar-refractivity contribution in [3.63, 3.8) is 0 Å². The lowest BCUT2D eigenvalue weighted by molar-refractivity contribution is -0.134. The molecular weight excluding hydrogens is 280 g/mol. The van der Waals surface area contributed by atoms with Gasteiger partial charge in [0.1, 0.15) is 5.69 Å². The number of hydrogen-bond donors (Lipinski definition) is 0. The average molecular weight is 294 g/mol. The van der Waals surface area contributed by atoms with Gasteiger partial charge in [0.2, 0.25) is 0 Å². The van der Waals surface area contributed by atoms with Crippen LogP contribution < -0.4 is 0 Å². The molecule has 1 aromatic carbocycles. The van der Waals surface area contributed by atoms with Crippen LogP contribution in [0.1, 0.15) is 21.6 Å². The Morgan fingerprint density at radius 2 is 2.00 bits per heavy atom. The molecule has 2 aromatic rings. The van der Waals surface area contributed by atoms with Crippen molar-refractivity contribution in [3.8, 4) is 0 Å². The second-order valence-electron chi connectivity index (χ2n) is 4.83. The molecule has 0 fully saturated rings. The maximum absolute atomic E-state index is 12.6. The molecule has 0 saturated heterocycles. The minimum absolute atomic E-state index is 0.213. The topological polar surface area (TPSA) is 59.5 Å². The lowest BCUT2D eigenvalue weighted by atomic mass is 10.1. The Kier molecular flexibility index (Phi) is 3.70. The first-order chi connectivity index (χ1) is 10.7. The molecule has 5 nitrogen and oxygen atoms in total. The molecule has 2 heterocycles. The third kappa shape index (κ3) is 2.48. The Morgan fingerprint density at radius 3 is 2.73 bits per heavy atom. The van der Waals surface area contributed by atoms with Crippen LogP contribution in [0.15, 0.2) is 54.7 Å². The van der Waals surface area contributed by atoms with Crippen LogP contribution in [0.2, 0.25) is 0 Å². The zero-order valence-corrected chi connectivity index (χ0v) is 12.0. The van der Waals surface area contributed by atoms with Crippen molar-refractivity contribution >= 4 is 17.6 Å². The fourth-order valence-electron chi connectivity index (χ4n) is 2.41. The fraction of sp³-hybridized carbons (Fsp3) is 0.118. The summed E-state index contributed by atoms with van der Waals surface area (Å²) in [7, 11) is 1.31. The summed E-state index contributed by atoms with van der Waals surface area (Å²) in [6.45, 7) is 0.374. The number of esters is 1. The SMILES string of the molecule is COC(=O)/C=C1\c2cccnc2C(=O)N1Cc1ccccc1. The number of amides is 1. The van der Waals surface area contributed by atoms with Gasteiger partial charge >= 0.3 is 5.97 Å². The predicted molar refractivity (Wildman–Crippen MR) is 80.5 cm³/mol. The lowest BCUT2D eigenvalue weighted by Gasteiger charge is -2.18. The minimum Gasteiger partial charge on any atom is -0.466 e. The van der Waals surface area contributed by atoms with Gasteiger partial charge in [-0.3, -0.25) is 9.78 Å². The van der Waals surface area contributed by atoms with E-state index in [-0.39, 0.29) is 5.91 Å². The highest BCUT2D eigenvalue weighted by Gasteiger charge is 2.33. The summed E-state index contributed by atoms with van der Waals surface area (Å²) < 4.78 is 4.69. The Labute approximate surface area is 127 Å². The van der Waals surface area contributed by atoms with Gasteiger partial charge in [0, 0.05) is 17.8 Å². The Morgan fingerprint density at radius 1 is 1.23 bits per heavy atom. The standard InChI is InChI=1S/C17H14N2O3/c1-22-15(20)10-14-13-8-5-9-18-16(13)17(21)19(14)11-12-6-3-2-4-7-12/h2-10H,11H2,1H3/b14-10+. The number of ether oxygens (including phenoxy) is 1. The van der Waals surface area contributed by atoms with Crippen LogP contribution in [0.25, 0.3) is 5.70 Å². The molecule has 110 valence electrons. The van der Waals surface area contributed by atoms with Crippen LogP contribution in [-0.2, 0) is 16.1 Å². The number of pyridine rings is 1. The zero-order chi connectivity index (χ0) is 15.5. The quantitative estimate of drug-likeness (QED) is 0.643. The molecule has 1 aliphatic rings. The summed E-state index contributed by atoms with van der Waals surface area (Å²) in [6.07, 6.45) is 2.90. The van der Waals surface area contributed by atoms with E-state index >= 15 is 0 Å². The van der Waals surface area contributed by atoms with Gasteiger partial charge in [0.15, 0.2) is 0 Å². The summed E-state index contributed by atoms with van der Waals surface area (Å²) in [5.74, 6) is -0.716. The summed E-state index contributed by atoms with van der Waals surface area (Å²) in [6, 6.07) is 13.1. The molecule has 1 aromatic heterocycles. The van der Waals surface area contributed by atoms with Crippen LogP contribution in [0.4, 0.5) is 0 Å². The first-order valence-corrected chi connectivity index (χ1v) is 6.81. The maximum Gasteiger partial charge on any atom is 0.332 e. The number of rotatable bonds is 3. The van der Waals surface area contributed by atoms with Crippen molar-refractivity contribution in [3.05, 3.63) is 71.6 Å². The number of fused-ring (bicyclic) bond motifs is 1. The van der Waals surface area contributed by atoms with Gasteiger partial charge in [-0.05, 0) is 17.7 Å². The third-order valence-electron chi connectivity index (χ3n) is 3.46. The summed E-state index contributed by atoms with van der Waals surface area (Å²) in [5, 5.41) is 0. The highest BCUT2D eigenvalue weighted by Crippen LogP contribution is 2.32. The van der Waals surface area contributed by atoms with Crippen molar-refractivity contribution < 1.29 is 14.3 Å². The Hall–Kier alpha value is -2.95. The number of methoxy groups -OCH3 is 1. The van der Waals surface area contributed by atoms with Gasteiger partial charge in [-0.25, -0.2) is 4.79 Å². The third-order valence-corrected chi connectivity index (χ3v) is 3.46. The lowest BCUT2D eigenvalue weighted by Crippen LogP contribution is -2.23. The van der Waals surface area contributed by atoms with E-state index in [2.05, 4.69) is 9.72 Å². The van der Waals surface area contributed by atoms with Crippen molar-refractivity contribution in [1.82, 2.24) is 9.88 Å². The summed E-state index contributed by atoms with van der Waals surface area (Å²) in [4.78, 5) is 29.9. The number of hydrogen-bond acceptors (Lipinski definition) is 4. The molecule has 0 spiro atoms. The van der Waals surface area contributed by atoms with Gasteiger partial charge in [-0.2, -0.15) is 0 Å². The number of nitrogens with zero attached hydrogens (tertiary/aromatic N) is 2. The second-order valence-corrected chi connectivity index (χ2v) is 4.83. The Balaban J connectivity index is 2.03. The molecule has 0 aliphatic carbocycles. The number of carbonyl (C=O) groups excluding carboxylic acids is 2. The van der Waals surface area contributed by atoms with Crippen LogP contribution in [0.3, 0.4) is 0 Å². The molecule has 0 bridgehead atoms. The molecule has 0 radical (unpaired) electrons. The average Bonchev–Trinajstić information content (AvgIpc) is 2.82. The van der Waals surface area contributed by atoms with Crippen LogP contribution in [0, 0.1) is 0 Å². The number of carbonyl (C=O) groups is 2. The van der Waals surface area contributed by atoms with E-state index < -0.39 is 5.97 Å². The maximum atomic E-state index is 12.6. The highest BCUT2D eigenvalue weighted by atomic mass is 16.5. The van der Waals surface area contributed by atoms with Crippen molar-refractivity contribution in [2.24, 2.45) is 0 Å². The molecule has 0 saturated carbocycles. The van der Waals surface area contributed by atoms with E-state index in [0.29, 0.717) is 23.5 Å². The van der Waals surface area contributed by atoms with E-state index in [9.17, 15) is 9.59 Å². The first-order valence-electron chi connectivity index (χ1n) is 6.81. The first kappa shape index (κ1) is 14.0. The smallest absolute Gasteiger partial charge is 0.332 e. The van der Waals surface area contributed by atoms with Gasteiger partial charge in [0.25, 0.3) is 5.91 Å². The largest absolute Gasteiger partial charge is 0.466 e. The highest BCUT2D eigenvalue weighted by molar-refractivity contribution is 6.10. The van der Waals surface area contributed by atoms with E-state index in [1.165, 1.54) is 13.2 Å². The molecule has 0 unspecified atom stereocenters. The second kappa shape index (κ2) is 5.81. The Bertz CT molecular complexity index is 754. The van der Waals surface area contributed by atoms with Crippen molar-refractivity contribution in [2.75, 3.05) is 7.11 Å². The van der Waals surface area contributed by atoms with E-state index in [1.807, 2.05) is 30.3 Å². The van der Waals surface area contributed by atoms with Gasteiger partial charge < -0.3 is 9.64 Å². The fourth-order valence-corrected chi connectivity index (χ4v) is 2.41. The van der Waals surface area contributed by atoms with Crippen LogP contribution in [-0.4, -0.2) is 28.9 Å². The monoisotopic (exact) mass is 294 g/mol. The van der Waals surface area contributed by atoms with Gasteiger partial charge in [-0.15, -0.1) is 0 Å². The van der Waals surface area contributed by atoms with Crippen LogP contribution >= 0.6 is 0 Å². The molecular formula is C17H14N2O3. The number of benzene rings is 1. The molecule has 0 N–H and O–H groups in total. The van der Waals surface area contributed by atoms with E-state index in [1.54, 1.807) is 23.2 Å². The minimum atomic E-state index is -0.502. The van der Waals surface area contributed by atoms with E-state index in [0.717, 1.165) is 5.56 Å². The molecule has 5 heteroatoms. The molecule has 0 atom stereocenters. The number of aromatic nitrogens is 1. The van der Waals surface area contributed by atoms with Crippen molar-refractivity contribution in [1.29, 1.82) is 0 Å². The molecule has 3 rings (SSSR count). The van der Waals surface area contributed by atoms with E-state index in [4.69, 9.17) is 0 Å². The van der Waals surface area contributed by atoms with Crippen LogP contribution in [0.5, 0.6) is 0 Å². The molecule has 22 heavy (non-hydrogen) atoms. The van der Waals surface area contributed by atoms with Crippen molar-refractivity contribution in [2.45, 2.75) is 6.54 Å². The summed E-state index contributed by atoms with van der Waals surface area (Å²) in [5.41, 5.74) is 2.49. The predicted octanol–water partition coefficient (Wildman–Crippen LogP) is 2.25. The molecule has 1 aliphatic heterocycles. The normalized spacial score (nSPS) is 15.0. The van der Waals surface area contributed by atoms with Gasteiger partial charge in [-0.1, -0.05) is 30.3 Å². The van der Waals surface area contributed by atoms with Gasteiger partial charge in [0.05, 0.1) is 19.4 Å².